The molecule has 1 heterocycles. The molecule has 4 rings (SSSR count). The second-order valence-electron chi connectivity index (χ2n) is 7.07. The molecule has 138 valence electrons. The van der Waals surface area contributed by atoms with E-state index in [1.807, 2.05) is 6.07 Å². The molecule has 0 aromatic heterocycles. The van der Waals surface area contributed by atoms with Crippen molar-refractivity contribution in [1.82, 2.24) is 10.2 Å². The number of Topliss-reactive ketones (excluding diaryl/α,β-unsaturated/α-hetero) is 2. The van der Waals surface area contributed by atoms with E-state index in [2.05, 4.69) is 34.5 Å². The predicted octanol–water partition coefficient (Wildman–Crippen LogP) is 3.77. The number of benzene rings is 2. The van der Waals surface area contributed by atoms with Gasteiger partial charge in [0.15, 0.2) is 0 Å². The highest BCUT2D eigenvalue weighted by Crippen LogP contribution is 2.28. The Kier molecular flexibility index (Phi) is 5.10. The Morgan fingerprint density at radius 3 is 2.15 bits per heavy atom. The molecule has 1 N–H and O–H groups in total. The second-order valence-corrected chi connectivity index (χ2v) is 7.45. The summed E-state index contributed by atoms with van der Waals surface area (Å²) in [5.41, 5.74) is 2.37. The van der Waals surface area contributed by atoms with Crippen molar-refractivity contribution in [1.29, 1.82) is 0 Å². The van der Waals surface area contributed by atoms with Crippen molar-refractivity contribution in [2.45, 2.75) is 25.4 Å². The lowest BCUT2D eigenvalue weighted by Crippen LogP contribution is -2.44. The molecule has 1 fully saturated rings. The molecular formula is C22H21ClN2O2. The maximum atomic E-state index is 12.8. The number of fused-ring (bicyclic) bond motifs is 1. The van der Waals surface area contributed by atoms with Crippen LogP contribution in [0.4, 0.5) is 0 Å². The summed E-state index contributed by atoms with van der Waals surface area (Å²) in [6.07, 6.45) is 1.81. The first kappa shape index (κ1) is 18.0. The van der Waals surface area contributed by atoms with Crippen molar-refractivity contribution >= 4 is 23.2 Å². The van der Waals surface area contributed by atoms with Crippen LogP contribution in [0.2, 0.25) is 0 Å². The quantitative estimate of drug-likeness (QED) is 0.877. The molecule has 1 aliphatic heterocycles. The van der Waals surface area contributed by atoms with Crippen molar-refractivity contribution in [3.8, 4) is 0 Å². The van der Waals surface area contributed by atoms with Crippen molar-refractivity contribution in [3.05, 3.63) is 82.0 Å². The number of hydrogen-bond donors (Lipinski definition) is 1. The zero-order chi connectivity index (χ0) is 18.8. The molecule has 5 heteroatoms. The largest absolute Gasteiger partial charge is 0.378 e. The highest BCUT2D eigenvalue weighted by Gasteiger charge is 2.32. The van der Waals surface area contributed by atoms with Gasteiger partial charge >= 0.3 is 0 Å². The van der Waals surface area contributed by atoms with E-state index in [-0.39, 0.29) is 28.3 Å². The zero-order valence-corrected chi connectivity index (χ0v) is 15.7. The normalized spacial score (nSPS) is 18.6. The molecule has 2 aromatic carbocycles. The minimum atomic E-state index is -0.282. The third-order valence-corrected chi connectivity index (χ3v) is 5.61. The monoisotopic (exact) mass is 380 g/mol. The minimum Gasteiger partial charge on any atom is -0.378 e. The minimum absolute atomic E-state index is 0.00501. The van der Waals surface area contributed by atoms with E-state index in [1.54, 1.807) is 24.3 Å². The van der Waals surface area contributed by atoms with E-state index < -0.39 is 0 Å². The Hall–Kier alpha value is -2.43. The first-order valence-corrected chi connectivity index (χ1v) is 9.62. The van der Waals surface area contributed by atoms with Crippen LogP contribution >= 0.6 is 11.6 Å². The van der Waals surface area contributed by atoms with Crippen LogP contribution in [-0.4, -0.2) is 35.6 Å². The number of hydrogen-bond acceptors (Lipinski definition) is 4. The summed E-state index contributed by atoms with van der Waals surface area (Å²) in [5, 5.41) is 3.27. The number of ketones is 2. The van der Waals surface area contributed by atoms with Crippen LogP contribution in [0.25, 0.3) is 0 Å². The summed E-state index contributed by atoms with van der Waals surface area (Å²) in [7, 11) is 0. The summed E-state index contributed by atoms with van der Waals surface area (Å²) >= 11 is 6.25. The number of likely N-dealkylation sites (tertiary alicyclic amines) is 1. The van der Waals surface area contributed by atoms with E-state index in [0.717, 1.165) is 32.5 Å². The molecular weight excluding hydrogens is 360 g/mol. The standard InChI is InChI=1S/C22H21ClN2O2/c23-19-20(22(27)18-9-5-4-8-17(18)21(19)26)24-16-10-12-25(13-11-16)14-15-6-2-1-3-7-15/h1-9,16,24H,10-14H2. The first-order chi connectivity index (χ1) is 13.1. The number of rotatable bonds is 4. The topological polar surface area (TPSA) is 49.4 Å². The molecule has 2 aliphatic rings. The van der Waals surface area contributed by atoms with Gasteiger partial charge in [0.05, 0.1) is 0 Å². The number of nitrogens with one attached hydrogen (secondary N) is 1. The molecule has 0 atom stereocenters. The van der Waals surface area contributed by atoms with Gasteiger partial charge in [0.25, 0.3) is 0 Å². The summed E-state index contributed by atoms with van der Waals surface area (Å²) in [6, 6.07) is 17.4. The fourth-order valence-corrected chi connectivity index (χ4v) is 4.00. The maximum Gasteiger partial charge on any atom is 0.211 e. The molecule has 0 bridgehead atoms. The Morgan fingerprint density at radius 2 is 1.48 bits per heavy atom. The zero-order valence-electron chi connectivity index (χ0n) is 15.0. The van der Waals surface area contributed by atoms with Gasteiger partial charge in [-0.1, -0.05) is 66.2 Å². The van der Waals surface area contributed by atoms with Gasteiger partial charge in [0.1, 0.15) is 10.7 Å². The van der Waals surface area contributed by atoms with Crippen LogP contribution in [0.3, 0.4) is 0 Å². The summed E-state index contributed by atoms with van der Waals surface area (Å²) < 4.78 is 0. The Bertz CT molecular complexity index is 900. The average molecular weight is 381 g/mol. The summed E-state index contributed by atoms with van der Waals surface area (Å²) in [5.74, 6) is -0.474. The molecule has 1 aliphatic carbocycles. The molecule has 2 aromatic rings. The second kappa shape index (κ2) is 7.67. The Balaban J connectivity index is 1.41. The summed E-state index contributed by atoms with van der Waals surface area (Å²) in [6.45, 7) is 2.81. The van der Waals surface area contributed by atoms with Crippen LogP contribution in [0.5, 0.6) is 0 Å². The van der Waals surface area contributed by atoms with Crippen LogP contribution < -0.4 is 5.32 Å². The lowest BCUT2D eigenvalue weighted by molar-refractivity contribution is 0.0969. The summed E-state index contributed by atoms with van der Waals surface area (Å²) in [4.78, 5) is 27.7. The number of allylic oxidation sites excluding steroid dienone is 2. The van der Waals surface area contributed by atoms with Gasteiger partial charge in [-0.15, -0.1) is 0 Å². The van der Waals surface area contributed by atoms with Crippen LogP contribution in [0.15, 0.2) is 65.3 Å². The van der Waals surface area contributed by atoms with Crippen molar-refractivity contribution in [3.63, 3.8) is 0 Å². The Labute approximate surface area is 163 Å². The maximum absolute atomic E-state index is 12.8. The number of carbonyl (C=O) groups excluding carboxylic acids is 2. The molecule has 0 spiro atoms. The molecule has 27 heavy (non-hydrogen) atoms. The van der Waals surface area contributed by atoms with Gasteiger partial charge in [0.2, 0.25) is 11.6 Å². The van der Waals surface area contributed by atoms with Gasteiger partial charge in [0, 0.05) is 36.8 Å². The lowest BCUT2D eigenvalue weighted by atomic mass is 9.91. The lowest BCUT2D eigenvalue weighted by Gasteiger charge is -2.33. The number of piperidine rings is 1. The van der Waals surface area contributed by atoms with Crippen LogP contribution in [0, 0.1) is 0 Å². The van der Waals surface area contributed by atoms with Gasteiger partial charge < -0.3 is 5.32 Å². The van der Waals surface area contributed by atoms with E-state index in [0.29, 0.717) is 11.1 Å². The molecule has 0 unspecified atom stereocenters. The molecule has 4 nitrogen and oxygen atoms in total. The third kappa shape index (κ3) is 3.68. The highest BCUT2D eigenvalue weighted by molar-refractivity contribution is 6.49. The number of halogens is 1. The third-order valence-electron chi connectivity index (χ3n) is 5.25. The Morgan fingerprint density at radius 1 is 0.889 bits per heavy atom. The van der Waals surface area contributed by atoms with Gasteiger partial charge in [-0.05, 0) is 18.4 Å². The average Bonchev–Trinajstić information content (AvgIpc) is 2.71. The van der Waals surface area contributed by atoms with Crippen molar-refractivity contribution in [2.24, 2.45) is 0 Å². The molecule has 0 saturated carbocycles. The van der Waals surface area contributed by atoms with Gasteiger partial charge in [-0.3, -0.25) is 14.5 Å². The van der Waals surface area contributed by atoms with Gasteiger partial charge in [-0.25, -0.2) is 0 Å². The van der Waals surface area contributed by atoms with Crippen molar-refractivity contribution in [2.75, 3.05) is 13.1 Å². The van der Waals surface area contributed by atoms with E-state index in [9.17, 15) is 9.59 Å². The molecule has 0 radical (unpaired) electrons. The van der Waals surface area contributed by atoms with Gasteiger partial charge in [-0.2, -0.15) is 0 Å². The SMILES string of the molecule is O=C1C(Cl)=C(NC2CCN(Cc3ccccc3)CC2)C(=O)c2ccccc21. The molecule has 0 amide bonds. The predicted molar refractivity (Wildman–Crippen MR) is 106 cm³/mol. The van der Waals surface area contributed by atoms with Crippen LogP contribution in [-0.2, 0) is 6.54 Å². The fourth-order valence-electron chi connectivity index (χ4n) is 3.76. The van der Waals surface area contributed by atoms with Crippen molar-refractivity contribution < 1.29 is 9.59 Å². The smallest absolute Gasteiger partial charge is 0.211 e. The van der Waals surface area contributed by atoms with E-state index in [1.165, 1.54) is 5.56 Å². The number of nitrogens with zero attached hydrogens (tertiary/aromatic N) is 1. The van der Waals surface area contributed by atoms with E-state index >= 15 is 0 Å². The molecule has 1 saturated heterocycles. The fraction of sp³-hybridized carbons (Fsp3) is 0.273. The van der Waals surface area contributed by atoms with Crippen LogP contribution in [0.1, 0.15) is 39.1 Å². The highest BCUT2D eigenvalue weighted by atomic mass is 35.5. The number of carbonyl (C=O) groups is 2. The van der Waals surface area contributed by atoms with E-state index in [4.69, 9.17) is 11.6 Å². The first-order valence-electron chi connectivity index (χ1n) is 9.24.